The number of benzene rings is 2. The fourth-order valence-corrected chi connectivity index (χ4v) is 3.35. The third kappa shape index (κ3) is 11.6. The summed E-state index contributed by atoms with van der Waals surface area (Å²) in [4.78, 5) is 26.4. The Morgan fingerprint density at radius 2 is 1.71 bits per heavy atom. The molecule has 0 saturated carbocycles. The first-order chi connectivity index (χ1) is 16.2. The lowest BCUT2D eigenvalue weighted by Crippen LogP contribution is -2.27. The van der Waals surface area contributed by atoms with Crippen molar-refractivity contribution >= 4 is 39.6 Å². The van der Waals surface area contributed by atoms with E-state index in [1.165, 1.54) is 0 Å². The summed E-state index contributed by atoms with van der Waals surface area (Å²) in [7, 11) is -3.12. The Balaban J connectivity index is 0.000000310. The van der Waals surface area contributed by atoms with Gasteiger partial charge < -0.3 is 15.8 Å². The number of hydrogen-bond donors (Lipinski definition) is 6. The van der Waals surface area contributed by atoms with Crippen LogP contribution in [0.25, 0.3) is 10.9 Å². The number of nitrogens with two attached hydrogens (primary N) is 2. The van der Waals surface area contributed by atoms with Crippen molar-refractivity contribution in [3.05, 3.63) is 72.4 Å². The van der Waals surface area contributed by atoms with Crippen LogP contribution in [0.1, 0.15) is 31.2 Å². The first kappa shape index (κ1) is 27.0. The van der Waals surface area contributed by atoms with Crippen molar-refractivity contribution in [2.75, 3.05) is 11.9 Å². The number of ether oxygens (including phenoxy) is 1. The van der Waals surface area contributed by atoms with E-state index >= 15 is 0 Å². The molecule has 2 amide bonds. The van der Waals surface area contributed by atoms with Gasteiger partial charge in [0, 0.05) is 18.4 Å². The second-order valence-corrected chi connectivity index (χ2v) is 8.83. The van der Waals surface area contributed by atoms with Gasteiger partial charge in [0.15, 0.2) is 0 Å². The van der Waals surface area contributed by atoms with E-state index in [1.807, 2.05) is 60.7 Å². The van der Waals surface area contributed by atoms with Crippen molar-refractivity contribution in [2.45, 2.75) is 32.3 Å². The highest BCUT2D eigenvalue weighted by molar-refractivity contribution is 8.20. The molecule has 0 fully saturated rings. The SMILES string of the molecule is NC(=O)OCc1ccccc1.NS(O)(O)NCCCCCC(=O)Nc1cnc2ccccc2c1. The number of nitrogens with zero attached hydrogens (tertiary/aromatic N) is 1. The largest absolute Gasteiger partial charge is 0.445 e. The summed E-state index contributed by atoms with van der Waals surface area (Å²) in [5.74, 6) is -0.0573. The van der Waals surface area contributed by atoms with Crippen LogP contribution in [0.2, 0.25) is 0 Å². The minimum atomic E-state index is -3.12. The molecule has 0 radical (unpaired) electrons. The fraction of sp³-hybridized carbons (Fsp3) is 0.261. The number of carbonyl (C=O) groups is 2. The Kier molecular flexibility index (Phi) is 11.2. The molecule has 3 aromatic rings. The number of para-hydroxylation sites is 1. The topological polar surface area (TPSA) is 173 Å². The first-order valence-electron chi connectivity index (χ1n) is 10.6. The molecule has 34 heavy (non-hydrogen) atoms. The lowest BCUT2D eigenvalue weighted by Gasteiger charge is -2.26. The predicted octanol–water partition coefficient (Wildman–Crippen LogP) is 4.14. The maximum atomic E-state index is 11.9. The molecular formula is C23H31N5O5S. The maximum Gasteiger partial charge on any atom is 0.404 e. The summed E-state index contributed by atoms with van der Waals surface area (Å²) in [5.41, 5.74) is 7.30. The summed E-state index contributed by atoms with van der Waals surface area (Å²) in [5, 5.41) is 8.86. The van der Waals surface area contributed by atoms with Gasteiger partial charge in [0.25, 0.3) is 0 Å². The Bertz CT molecular complexity index is 1050. The molecule has 0 aliphatic carbocycles. The number of nitrogens with one attached hydrogen (secondary N) is 2. The van der Waals surface area contributed by atoms with E-state index < -0.39 is 17.1 Å². The zero-order chi connectivity index (χ0) is 24.8. The van der Waals surface area contributed by atoms with Crippen molar-refractivity contribution in [2.24, 2.45) is 10.9 Å². The molecule has 0 bridgehead atoms. The molecule has 2 aromatic carbocycles. The van der Waals surface area contributed by atoms with Gasteiger partial charge in [-0.2, -0.15) is 0 Å². The minimum Gasteiger partial charge on any atom is -0.445 e. The number of anilines is 1. The van der Waals surface area contributed by atoms with E-state index in [0.29, 0.717) is 18.7 Å². The first-order valence-corrected chi connectivity index (χ1v) is 12.3. The van der Waals surface area contributed by atoms with Crippen LogP contribution in [0, 0.1) is 0 Å². The van der Waals surface area contributed by atoms with Gasteiger partial charge in [-0.05, 0) is 30.5 Å². The van der Waals surface area contributed by atoms with Crippen molar-refractivity contribution in [1.29, 1.82) is 0 Å². The molecule has 11 heteroatoms. The highest BCUT2D eigenvalue weighted by atomic mass is 32.3. The van der Waals surface area contributed by atoms with Gasteiger partial charge in [0.1, 0.15) is 6.61 Å². The van der Waals surface area contributed by atoms with E-state index in [1.54, 1.807) is 6.20 Å². The molecule has 10 nitrogen and oxygen atoms in total. The van der Waals surface area contributed by atoms with Crippen LogP contribution in [0.5, 0.6) is 0 Å². The van der Waals surface area contributed by atoms with E-state index in [0.717, 1.165) is 35.7 Å². The van der Waals surface area contributed by atoms with Gasteiger partial charge in [0.05, 0.1) is 17.4 Å². The Morgan fingerprint density at radius 3 is 2.41 bits per heavy atom. The van der Waals surface area contributed by atoms with Gasteiger partial charge >= 0.3 is 6.09 Å². The Hall–Kier alpha value is -3.22. The molecule has 0 aliphatic rings. The number of pyridine rings is 1. The van der Waals surface area contributed by atoms with Crippen molar-refractivity contribution < 1.29 is 23.4 Å². The summed E-state index contributed by atoms with van der Waals surface area (Å²) >= 11 is 0. The molecule has 0 saturated heterocycles. The number of hydrogen-bond acceptors (Lipinski definition) is 8. The lowest BCUT2D eigenvalue weighted by atomic mass is 10.2. The van der Waals surface area contributed by atoms with E-state index in [-0.39, 0.29) is 12.5 Å². The van der Waals surface area contributed by atoms with Crippen LogP contribution in [0.3, 0.4) is 0 Å². The van der Waals surface area contributed by atoms with Crippen LogP contribution in [-0.2, 0) is 16.1 Å². The van der Waals surface area contributed by atoms with Crippen LogP contribution in [0.4, 0.5) is 10.5 Å². The summed E-state index contributed by atoms with van der Waals surface area (Å²) in [6.07, 6.45) is 3.55. The third-order valence-corrected chi connectivity index (χ3v) is 5.12. The molecule has 1 heterocycles. The van der Waals surface area contributed by atoms with Crippen LogP contribution in [-0.4, -0.2) is 32.6 Å². The van der Waals surface area contributed by atoms with Crippen molar-refractivity contribution in [3.63, 3.8) is 0 Å². The number of carbonyl (C=O) groups excluding carboxylic acids is 2. The minimum absolute atomic E-state index is 0.0573. The molecule has 0 atom stereocenters. The van der Waals surface area contributed by atoms with E-state index in [9.17, 15) is 9.59 Å². The van der Waals surface area contributed by atoms with Crippen molar-refractivity contribution in [3.8, 4) is 0 Å². The molecular weight excluding hydrogens is 458 g/mol. The lowest BCUT2D eigenvalue weighted by molar-refractivity contribution is -0.116. The Labute approximate surface area is 200 Å². The molecule has 184 valence electrons. The molecule has 0 aliphatic heterocycles. The molecule has 0 spiro atoms. The average Bonchev–Trinajstić information content (AvgIpc) is 2.80. The average molecular weight is 490 g/mol. The van der Waals surface area contributed by atoms with Gasteiger partial charge in [0.2, 0.25) is 5.91 Å². The number of rotatable bonds is 10. The zero-order valence-corrected chi connectivity index (χ0v) is 19.5. The normalized spacial score (nSPS) is 11.3. The number of fused-ring (bicyclic) bond motifs is 1. The quantitative estimate of drug-likeness (QED) is 0.230. The van der Waals surface area contributed by atoms with E-state index in [2.05, 4.69) is 19.8 Å². The fourth-order valence-electron chi connectivity index (χ4n) is 2.90. The van der Waals surface area contributed by atoms with Gasteiger partial charge in [-0.15, -0.1) is 0 Å². The highest BCUT2D eigenvalue weighted by Crippen LogP contribution is 2.21. The number of primary amides is 1. The van der Waals surface area contributed by atoms with Crippen LogP contribution >= 0.6 is 11.0 Å². The van der Waals surface area contributed by atoms with Gasteiger partial charge in [-0.25, -0.2) is 14.7 Å². The standard InChI is InChI=1S/C15H22N4O3S.C8H9NO2/c16-23(21,22)18-9-5-1-2-8-15(20)19-13-10-12-6-3-4-7-14(12)17-11-13;9-8(10)11-6-7-4-2-1-3-5-7/h3-4,6-7,10-11,18,21-22H,1-2,5,8-9,16H2,(H,19,20);1-5H,6H2,(H2,9,10). The monoisotopic (exact) mass is 489 g/mol. The smallest absolute Gasteiger partial charge is 0.404 e. The van der Waals surface area contributed by atoms with Crippen LogP contribution in [0.15, 0.2) is 66.9 Å². The van der Waals surface area contributed by atoms with Gasteiger partial charge in [-0.1, -0.05) is 65.9 Å². The summed E-state index contributed by atoms with van der Waals surface area (Å²) < 4.78 is 24.9. The number of unbranched alkanes of at least 4 members (excludes halogenated alkanes) is 2. The maximum absolute atomic E-state index is 11.9. The van der Waals surface area contributed by atoms with Crippen LogP contribution < -0.4 is 20.9 Å². The second-order valence-electron chi connectivity index (χ2n) is 7.36. The van der Waals surface area contributed by atoms with Gasteiger partial charge in [-0.3, -0.25) is 18.9 Å². The zero-order valence-electron chi connectivity index (χ0n) is 18.7. The third-order valence-electron chi connectivity index (χ3n) is 4.49. The number of amides is 2. The molecule has 3 rings (SSSR count). The molecule has 1 aromatic heterocycles. The highest BCUT2D eigenvalue weighted by Gasteiger charge is 2.05. The summed E-state index contributed by atoms with van der Waals surface area (Å²) in [6, 6.07) is 19.0. The molecule has 8 N–H and O–H groups in total. The van der Waals surface area contributed by atoms with Crippen molar-refractivity contribution in [1.82, 2.24) is 9.71 Å². The number of aromatic nitrogens is 1. The predicted molar refractivity (Wildman–Crippen MR) is 135 cm³/mol. The summed E-state index contributed by atoms with van der Waals surface area (Å²) in [6.45, 7) is 0.658. The second kappa shape index (κ2) is 14.1. The van der Waals surface area contributed by atoms with E-state index in [4.69, 9.17) is 20.0 Å². The Morgan fingerprint density at radius 1 is 1.00 bits per heavy atom. The molecule has 0 unspecified atom stereocenters.